The monoisotopic (exact) mass is 279 g/mol. The summed E-state index contributed by atoms with van der Waals surface area (Å²) in [5.41, 5.74) is 0.717. The Labute approximate surface area is 121 Å². The van der Waals surface area contributed by atoms with Crippen molar-refractivity contribution >= 4 is 0 Å². The number of benzene rings is 1. The van der Waals surface area contributed by atoms with Crippen molar-refractivity contribution in [1.82, 2.24) is 5.32 Å². The molecular weight excluding hydrogens is 253 g/mol. The predicted octanol–water partition coefficient (Wildman–Crippen LogP) is 4.31. The van der Waals surface area contributed by atoms with Crippen LogP contribution in [0.15, 0.2) is 18.2 Å². The fourth-order valence-corrected chi connectivity index (χ4v) is 3.18. The van der Waals surface area contributed by atoms with Crippen LogP contribution in [0.2, 0.25) is 0 Å². The molecule has 1 fully saturated rings. The van der Waals surface area contributed by atoms with Crippen molar-refractivity contribution in [1.29, 1.82) is 0 Å². The molecule has 20 heavy (non-hydrogen) atoms. The molecule has 1 aliphatic rings. The first-order chi connectivity index (χ1) is 9.60. The molecule has 2 nitrogen and oxygen atoms in total. The maximum Gasteiger partial charge on any atom is 0.131 e. The van der Waals surface area contributed by atoms with E-state index in [-0.39, 0.29) is 11.9 Å². The highest BCUT2D eigenvalue weighted by Gasteiger charge is 2.20. The quantitative estimate of drug-likeness (QED) is 0.867. The molecule has 3 atom stereocenters. The van der Waals surface area contributed by atoms with E-state index < -0.39 is 0 Å². The molecule has 1 aromatic rings. The Kier molecular flexibility index (Phi) is 5.41. The smallest absolute Gasteiger partial charge is 0.131 e. The van der Waals surface area contributed by atoms with Gasteiger partial charge in [-0.2, -0.15) is 0 Å². The maximum absolute atomic E-state index is 14.0. The second-order valence-electron chi connectivity index (χ2n) is 6.16. The van der Waals surface area contributed by atoms with Gasteiger partial charge in [0.25, 0.3) is 0 Å². The minimum Gasteiger partial charge on any atom is -0.497 e. The molecule has 0 saturated heterocycles. The van der Waals surface area contributed by atoms with Crippen LogP contribution in [0.25, 0.3) is 0 Å². The van der Waals surface area contributed by atoms with E-state index in [0.717, 1.165) is 23.9 Å². The zero-order chi connectivity index (χ0) is 14.5. The lowest BCUT2D eigenvalue weighted by molar-refractivity contribution is 0.268. The van der Waals surface area contributed by atoms with Gasteiger partial charge in [-0.05, 0) is 44.2 Å². The molecule has 0 spiro atoms. The first-order valence-electron chi connectivity index (χ1n) is 7.67. The number of rotatable bonds is 5. The number of ether oxygens (including phenoxy) is 1. The van der Waals surface area contributed by atoms with Crippen molar-refractivity contribution in [3.63, 3.8) is 0 Å². The number of hydrogen-bond donors (Lipinski definition) is 1. The van der Waals surface area contributed by atoms with Crippen LogP contribution in [0.5, 0.6) is 5.75 Å². The van der Waals surface area contributed by atoms with Crippen molar-refractivity contribution in [2.75, 3.05) is 13.7 Å². The average molecular weight is 279 g/mol. The van der Waals surface area contributed by atoms with Gasteiger partial charge in [0.2, 0.25) is 0 Å². The normalized spacial score (nSPS) is 24.4. The summed E-state index contributed by atoms with van der Waals surface area (Å²) >= 11 is 0. The Balaban J connectivity index is 1.89. The first-order valence-corrected chi connectivity index (χ1v) is 7.67. The van der Waals surface area contributed by atoms with E-state index in [1.165, 1.54) is 31.7 Å². The molecule has 3 heteroatoms. The van der Waals surface area contributed by atoms with Gasteiger partial charge in [-0.25, -0.2) is 4.39 Å². The van der Waals surface area contributed by atoms with Gasteiger partial charge in [0.15, 0.2) is 0 Å². The third-order valence-electron chi connectivity index (χ3n) is 4.43. The van der Waals surface area contributed by atoms with Gasteiger partial charge < -0.3 is 10.1 Å². The molecule has 1 aliphatic carbocycles. The van der Waals surface area contributed by atoms with Crippen molar-refractivity contribution in [3.05, 3.63) is 29.6 Å². The Bertz CT molecular complexity index is 435. The Morgan fingerprint density at radius 2 is 2.20 bits per heavy atom. The summed E-state index contributed by atoms with van der Waals surface area (Å²) in [4.78, 5) is 0. The lowest BCUT2D eigenvalue weighted by Gasteiger charge is -2.28. The van der Waals surface area contributed by atoms with Crippen LogP contribution in [-0.4, -0.2) is 13.7 Å². The molecule has 2 rings (SSSR count). The molecule has 0 radical (unpaired) electrons. The van der Waals surface area contributed by atoms with Crippen molar-refractivity contribution < 1.29 is 9.13 Å². The highest BCUT2D eigenvalue weighted by molar-refractivity contribution is 5.30. The van der Waals surface area contributed by atoms with Crippen LogP contribution < -0.4 is 10.1 Å². The third-order valence-corrected chi connectivity index (χ3v) is 4.43. The van der Waals surface area contributed by atoms with E-state index in [0.29, 0.717) is 5.75 Å². The Hall–Kier alpha value is -1.09. The molecule has 0 aromatic heterocycles. The fraction of sp³-hybridized carbons (Fsp3) is 0.647. The number of methoxy groups -OCH3 is 1. The molecule has 0 heterocycles. The Morgan fingerprint density at radius 1 is 1.40 bits per heavy atom. The highest BCUT2D eigenvalue weighted by Crippen LogP contribution is 2.29. The zero-order valence-corrected chi connectivity index (χ0v) is 12.8. The van der Waals surface area contributed by atoms with Gasteiger partial charge in [-0.15, -0.1) is 0 Å². The summed E-state index contributed by atoms with van der Waals surface area (Å²) in [7, 11) is 1.56. The molecular formula is C17H26FNO. The summed E-state index contributed by atoms with van der Waals surface area (Å²) in [6, 6.07) is 5.13. The van der Waals surface area contributed by atoms with Gasteiger partial charge in [0.05, 0.1) is 7.11 Å². The van der Waals surface area contributed by atoms with E-state index in [9.17, 15) is 4.39 Å². The largest absolute Gasteiger partial charge is 0.497 e. The van der Waals surface area contributed by atoms with Crippen LogP contribution in [-0.2, 0) is 0 Å². The van der Waals surface area contributed by atoms with Gasteiger partial charge in [-0.1, -0.05) is 25.8 Å². The van der Waals surface area contributed by atoms with E-state index in [4.69, 9.17) is 4.74 Å². The minimum atomic E-state index is -0.193. The summed E-state index contributed by atoms with van der Waals surface area (Å²) in [6.07, 6.45) is 5.29. The molecule has 0 amide bonds. The molecule has 112 valence electrons. The van der Waals surface area contributed by atoms with Gasteiger partial charge in [-0.3, -0.25) is 0 Å². The molecule has 0 bridgehead atoms. The SMILES string of the molecule is COc1ccc(C(C)NCC2CCCC(C)C2)c(F)c1. The summed E-state index contributed by atoms with van der Waals surface area (Å²) in [6.45, 7) is 5.34. The number of halogens is 1. The van der Waals surface area contributed by atoms with Gasteiger partial charge in [0, 0.05) is 17.7 Å². The second-order valence-corrected chi connectivity index (χ2v) is 6.16. The average Bonchev–Trinajstić information content (AvgIpc) is 2.44. The van der Waals surface area contributed by atoms with Crippen molar-refractivity contribution in [3.8, 4) is 5.75 Å². The predicted molar refractivity (Wildman–Crippen MR) is 80.5 cm³/mol. The van der Waals surface area contributed by atoms with Crippen LogP contribution >= 0.6 is 0 Å². The lowest BCUT2D eigenvalue weighted by Crippen LogP contribution is -2.29. The third kappa shape index (κ3) is 3.95. The summed E-state index contributed by atoms with van der Waals surface area (Å²) < 4.78 is 19.0. The van der Waals surface area contributed by atoms with E-state index in [1.807, 2.05) is 19.1 Å². The van der Waals surface area contributed by atoms with Crippen LogP contribution in [0.1, 0.15) is 51.1 Å². The summed E-state index contributed by atoms with van der Waals surface area (Å²) in [5, 5.41) is 3.49. The van der Waals surface area contributed by atoms with Gasteiger partial charge >= 0.3 is 0 Å². The lowest BCUT2D eigenvalue weighted by atomic mass is 9.82. The van der Waals surface area contributed by atoms with Gasteiger partial charge in [0.1, 0.15) is 11.6 Å². The fourth-order valence-electron chi connectivity index (χ4n) is 3.18. The Morgan fingerprint density at radius 3 is 2.85 bits per heavy atom. The highest BCUT2D eigenvalue weighted by atomic mass is 19.1. The maximum atomic E-state index is 14.0. The number of hydrogen-bond acceptors (Lipinski definition) is 2. The number of nitrogens with one attached hydrogen (secondary N) is 1. The topological polar surface area (TPSA) is 21.3 Å². The molecule has 1 N–H and O–H groups in total. The first kappa shape index (κ1) is 15.3. The van der Waals surface area contributed by atoms with Crippen LogP contribution in [0.3, 0.4) is 0 Å². The zero-order valence-electron chi connectivity index (χ0n) is 12.8. The standard InChI is InChI=1S/C17H26FNO/c1-12-5-4-6-14(9-12)11-19-13(2)16-8-7-15(20-3)10-17(16)18/h7-8,10,12-14,19H,4-6,9,11H2,1-3H3. The van der Waals surface area contributed by atoms with E-state index >= 15 is 0 Å². The van der Waals surface area contributed by atoms with Crippen LogP contribution in [0, 0.1) is 17.7 Å². The van der Waals surface area contributed by atoms with Crippen molar-refractivity contribution in [2.45, 2.75) is 45.6 Å². The second kappa shape index (κ2) is 7.07. The molecule has 1 aromatic carbocycles. The molecule has 0 aliphatic heterocycles. The summed E-state index contributed by atoms with van der Waals surface area (Å²) in [5.74, 6) is 1.95. The van der Waals surface area contributed by atoms with E-state index in [1.54, 1.807) is 7.11 Å². The van der Waals surface area contributed by atoms with Crippen molar-refractivity contribution in [2.24, 2.45) is 11.8 Å². The minimum absolute atomic E-state index is 0.0399. The van der Waals surface area contributed by atoms with Crippen LogP contribution in [0.4, 0.5) is 4.39 Å². The van der Waals surface area contributed by atoms with E-state index in [2.05, 4.69) is 12.2 Å². The molecule has 1 saturated carbocycles. The molecule has 3 unspecified atom stereocenters.